The Labute approximate surface area is 171 Å². The molecule has 3 aromatic rings. The van der Waals surface area contributed by atoms with Crippen molar-refractivity contribution in [3.8, 4) is 17.0 Å². The van der Waals surface area contributed by atoms with Gasteiger partial charge in [-0.15, -0.1) is 0 Å². The van der Waals surface area contributed by atoms with Gasteiger partial charge in [-0.25, -0.2) is 0 Å². The van der Waals surface area contributed by atoms with Crippen LogP contribution in [0, 0.1) is 13.8 Å². The van der Waals surface area contributed by atoms with Gasteiger partial charge in [-0.3, -0.25) is 0 Å². The fourth-order valence-corrected chi connectivity index (χ4v) is 4.78. The first-order chi connectivity index (χ1) is 14.0. The first-order valence-corrected chi connectivity index (χ1v) is 10.7. The van der Waals surface area contributed by atoms with E-state index < -0.39 is 0 Å². The zero-order valence-corrected chi connectivity index (χ0v) is 17.6. The molecular formula is C23H29N5O. The van der Waals surface area contributed by atoms with Gasteiger partial charge in [-0.2, -0.15) is 9.97 Å². The first kappa shape index (κ1) is 18.3. The predicted molar refractivity (Wildman–Crippen MR) is 118 cm³/mol. The lowest BCUT2D eigenvalue weighted by Crippen LogP contribution is -2.24. The highest BCUT2D eigenvalue weighted by molar-refractivity contribution is 5.94. The Morgan fingerprint density at radius 1 is 0.828 bits per heavy atom. The van der Waals surface area contributed by atoms with Gasteiger partial charge in [-0.1, -0.05) is 0 Å². The molecule has 0 atom stereocenters. The fourth-order valence-electron chi connectivity index (χ4n) is 4.78. The van der Waals surface area contributed by atoms with Crippen LogP contribution in [0.15, 0.2) is 18.2 Å². The van der Waals surface area contributed by atoms with Gasteiger partial charge in [0.1, 0.15) is 17.2 Å². The van der Waals surface area contributed by atoms with Crippen LogP contribution < -0.4 is 9.80 Å². The number of benzene rings is 1. The van der Waals surface area contributed by atoms with E-state index in [1.165, 1.54) is 25.7 Å². The van der Waals surface area contributed by atoms with E-state index in [1.807, 2.05) is 13.8 Å². The van der Waals surface area contributed by atoms with Crippen LogP contribution in [0.3, 0.4) is 0 Å². The van der Waals surface area contributed by atoms with Gasteiger partial charge in [0.05, 0.1) is 11.1 Å². The van der Waals surface area contributed by atoms with E-state index >= 15 is 0 Å². The topological polar surface area (TPSA) is 57.4 Å². The maximum Gasteiger partial charge on any atom is 0.229 e. The van der Waals surface area contributed by atoms with Crippen molar-refractivity contribution in [3.63, 3.8) is 0 Å². The third-order valence-electron chi connectivity index (χ3n) is 6.44. The van der Waals surface area contributed by atoms with Crippen molar-refractivity contribution in [2.75, 3.05) is 36.0 Å². The van der Waals surface area contributed by atoms with E-state index in [1.54, 1.807) is 0 Å². The van der Waals surface area contributed by atoms with Crippen LogP contribution in [-0.2, 0) is 7.05 Å². The molecule has 29 heavy (non-hydrogen) atoms. The van der Waals surface area contributed by atoms with E-state index in [4.69, 9.17) is 9.97 Å². The molecule has 6 heteroatoms. The molecule has 1 N–H and O–H groups in total. The van der Waals surface area contributed by atoms with Gasteiger partial charge >= 0.3 is 0 Å². The SMILES string of the molecule is Cc1cc(-c2cc3c(N4CCCC4)nc(N4CCCC4)nc3n2C)cc(C)c1O. The molecule has 2 fully saturated rings. The summed E-state index contributed by atoms with van der Waals surface area (Å²) in [4.78, 5) is 14.8. The largest absolute Gasteiger partial charge is 0.507 e. The van der Waals surface area contributed by atoms with Crippen molar-refractivity contribution in [1.29, 1.82) is 0 Å². The standard InChI is InChI=1S/C23H29N5O/c1-15-12-17(13-16(2)20(15)29)19-14-18-21(26(19)3)24-23(28-10-6-7-11-28)25-22(18)27-8-4-5-9-27/h12-14,29H,4-11H2,1-3H3. The van der Waals surface area contributed by atoms with Crippen LogP contribution in [-0.4, -0.2) is 45.8 Å². The zero-order valence-electron chi connectivity index (χ0n) is 17.6. The van der Waals surface area contributed by atoms with Gasteiger partial charge in [-0.05, 0) is 74.4 Å². The molecule has 0 aliphatic carbocycles. The minimum absolute atomic E-state index is 0.376. The summed E-state index contributed by atoms with van der Waals surface area (Å²) in [5.74, 6) is 2.31. The number of aromatic hydroxyl groups is 1. The van der Waals surface area contributed by atoms with E-state index in [9.17, 15) is 5.11 Å². The quantitative estimate of drug-likeness (QED) is 0.727. The maximum atomic E-state index is 10.2. The molecule has 152 valence electrons. The van der Waals surface area contributed by atoms with Crippen LogP contribution in [0.1, 0.15) is 36.8 Å². The summed E-state index contributed by atoms with van der Waals surface area (Å²) in [6, 6.07) is 6.34. The molecule has 2 aromatic heterocycles. The fraction of sp³-hybridized carbons (Fsp3) is 0.478. The molecule has 6 nitrogen and oxygen atoms in total. The second-order valence-electron chi connectivity index (χ2n) is 8.52. The van der Waals surface area contributed by atoms with Crippen molar-refractivity contribution in [1.82, 2.24) is 14.5 Å². The molecule has 0 spiro atoms. The van der Waals surface area contributed by atoms with Crippen LogP contribution in [0.2, 0.25) is 0 Å². The molecule has 0 saturated carbocycles. The third-order valence-corrected chi connectivity index (χ3v) is 6.44. The minimum atomic E-state index is 0.376. The Kier molecular flexibility index (Phi) is 4.37. The molecule has 1 aromatic carbocycles. The molecule has 2 aliphatic rings. The normalized spacial score (nSPS) is 17.1. The molecule has 0 radical (unpaired) electrons. The van der Waals surface area contributed by atoms with Crippen molar-refractivity contribution in [2.24, 2.45) is 7.05 Å². The average Bonchev–Trinajstić information content (AvgIpc) is 3.47. The summed E-state index contributed by atoms with van der Waals surface area (Å²) in [6.07, 6.45) is 4.87. The molecular weight excluding hydrogens is 362 g/mol. The van der Waals surface area contributed by atoms with Crippen LogP contribution in [0.5, 0.6) is 5.75 Å². The van der Waals surface area contributed by atoms with Gasteiger partial charge in [0.15, 0.2) is 0 Å². The van der Waals surface area contributed by atoms with E-state index in [0.29, 0.717) is 5.75 Å². The molecule has 4 heterocycles. The molecule has 2 aliphatic heterocycles. The highest BCUT2D eigenvalue weighted by Crippen LogP contribution is 2.36. The summed E-state index contributed by atoms with van der Waals surface area (Å²) in [5, 5.41) is 11.3. The maximum absolute atomic E-state index is 10.2. The number of hydrogen-bond acceptors (Lipinski definition) is 5. The number of phenols is 1. The smallest absolute Gasteiger partial charge is 0.229 e. The number of aromatic nitrogens is 3. The minimum Gasteiger partial charge on any atom is -0.507 e. The molecule has 5 rings (SSSR count). The molecule has 2 saturated heterocycles. The lowest BCUT2D eigenvalue weighted by Gasteiger charge is -2.21. The highest BCUT2D eigenvalue weighted by atomic mass is 16.3. The zero-order chi connectivity index (χ0) is 20.1. The Bertz CT molecular complexity index is 1050. The number of aryl methyl sites for hydroxylation is 3. The van der Waals surface area contributed by atoms with Gasteiger partial charge in [0.25, 0.3) is 0 Å². The number of fused-ring (bicyclic) bond motifs is 1. The summed E-state index contributed by atoms with van der Waals surface area (Å²) in [5.41, 5.74) is 5.00. The summed E-state index contributed by atoms with van der Waals surface area (Å²) < 4.78 is 2.18. The third kappa shape index (κ3) is 3.02. The average molecular weight is 392 g/mol. The summed E-state index contributed by atoms with van der Waals surface area (Å²) in [6.45, 7) is 8.11. The number of hydrogen-bond donors (Lipinski definition) is 1. The first-order valence-electron chi connectivity index (χ1n) is 10.7. The Morgan fingerprint density at radius 3 is 2.03 bits per heavy atom. The van der Waals surface area contributed by atoms with E-state index in [0.717, 1.165) is 71.4 Å². The van der Waals surface area contributed by atoms with Crippen molar-refractivity contribution in [3.05, 3.63) is 29.3 Å². The monoisotopic (exact) mass is 391 g/mol. The number of anilines is 2. The van der Waals surface area contributed by atoms with Crippen molar-refractivity contribution < 1.29 is 5.11 Å². The van der Waals surface area contributed by atoms with Crippen LogP contribution in [0.25, 0.3) is 22.3 Å². The Morgan fingerprint density at radius 2 is 1.41 bits per heavy atom. The Hall–Kier alpha value is -2.76. The lowest BCUT2D eigenvalue weighted by molar-refractivity contribution is 0.467. The van der Waals surface area contributed by atoms with Gasteiger partial charge < -0.3 is 19.5 Å². The van der Waals surface area contributed by atoms with Crippen molar-refractivity contribution in [2.45, 2.75) is 39.5 Å². The number of phenolic OH excluding ortho intramolecular Hbond substituents is 1. The lowest BCUT2D eigenvalue weighted by atomic mass is 10.0. The summed E-state index contributed by atoms with van der Waals surface area (Å²) >= 11 is 0. The second-order valence-corrected chi connectivity index (χ2v) is 8.52. The summed E-state index contributed by atoms with van der Waals surface area (Å²) in [7, 11) is 2.09. The Balaban J connectivity index is 1.71. The van der Waals surface area contributed by atoms with E-state index in [-0.39, 0.29) is 0 Å². The number of rotatable bonds is 3. The molecule has 0 bridgehead atoms. The molecule has 0 amide bonds. The highest BCUT2D eigenvalue weighted by Gasteiger charge is 2.24. The van der Waals surface area contributed by atoms with E-state index in [2.05, 4.69) is 39.6 Å². The van der Waals surface area contributed by atoms with Crippen molar-refractivity contribution >= 4 is 22.8 Å². The van der Waals surface area contributed by atoms with Gasteiger partial charge in [0.2, 0.25) is 5.95 Å². The second kappa shape index (κ2) is 6.94. The molecule has 0 unspecified atom stereocenters. The van der Waals surface area contributed by atoms with Crippen LogP contribution >= 0.6 is 0 Å². The predicted octanol–water partition coefficient (Wildman–Crippen LogP) is 4.16. The van der Waals surface area contributed by atoms with Crippen LogP contribution in [0.4, 0.5) is 11.8 Å². The van der Waals surface area contributed by atoms with Gasteiger partial charge in [0, 0.05) is 33.2 Å². The number of nitrogens with zero attached hydrogens (tertiary/aromatic N) is 5.